The normalized spacial score (nSPS) is 11.1. The van der Waals surface area contributed by atoms with Gasteiger partial charge in [0, 0.05) is 23.7 Å². The minimum absolute atomic E-state index is 0.110. The van der Waals surface area contributed by atoms with Gasteiger partial charge in [-0.2, -0.15) is 4.98 Å². The third-order valence-electron chi connectivity index (χ3n) is 4.26. The van der Waals surface area contributed by atoms with Crippen LogP contribution in [0.5, 0.6) is 0 Å². The molecular formula is C19H16ClFN6O2. The standard InChI is InChI=1S/C19H16ClFN6O2/c1-2-3-15-23-19(29-26-15)12-6-7-27-16(9-12)24-25-17(27)10-22-18(28)11-4-5-14(21)13(20)8-11/h4-9H,2-3,10H2,1H3,(H,22,28). The van der Waals surface area contributed by atoms with Crippen molar-refractivity contribution in [3.05, 3.63) is 64.6 Å². The Hall–Kier alpha value is -3.33. The van der Waals surface area contributed by atoms with E-state index in [9.17, 15) is 9.18 Å². The second kappa shape index (κ2) is 7.96. The van der Waals surface area contributed by atoms with E-state index in [1.807, 2.05) is 13.0 Å². The number of carbonyl (C=O) groups excluding carboxylic acids is 1. The van der Waals surface area contributed by atoms with Gasteiger partial charge in [-0.3, -0.25) is 9.20 Å². The number of rotatable bonds is 6. The van der Waals surface area contributed by atoms with Crippen molar-refractivity contribution in [2.75, 3.05) is 0 Å². The summed E-state index contributed by atoms with van der Waals surface area (Å²) in [5, 5.41) is 14.8. The van der Waals surface area contributed by atoms with Crippen LogP contribution in [-0.4, -0.2) is 30.6 Å². The van der Waals surface area contributed by atoms with Crippen LogP contribution in [-0.2, 0) is 13.0 Å². The summed E-state index contributed by atoms with van der Waals surface area (Å²) in [7, 11) is 0. The molecule has 0 saturated carbocycles. The predicted octanol–water partition coefficient (Wildman–Crippen LogP) is 3.45. The number of nitrogens with zero attached hydrogens (tertiary/aromatic N) is 5. The van der Waals surface area contributed by atoms with Gasteiger partial charge in [-0.15, -0.1) is 10.2 Å². The number of pyridine rings is 1. The van der Waals surface area contributed by atoms with Crippen LogP contribution < -0.4 is 5.32 Å². The summed E-state index contributed by atoms with van der Waals surface area (Å²) in [5.74, 6) is 0.639. The van der Waals surface area contributed by atoms with Crippen LogP contribution >= 0.6 is 11.6 Å². The Balaban J connectivity index is 1.50. The van der Waals surface area contributed by atoms with E-state index in [2.05, 4.69) is 25.7 Å². The number of benzene rings is 1. The second-order valence-corrected chi connectivity index (χ2v) is 6.74. The lowest BCUT2D eigenvalue weighted by atomic mass is 10.2. The topological polar surface area (TPSA) is 98.2 Å². The Labute approximate surface area is 169 Å². The largest absolute Gasteiger partial charge is 0.345 e. The molecule has 0 radical (unpaired) electrons. The van der Waals surface area contributed by atoms with Crippen molar-refractivity contribution in [1.29, 1.82) is 0 Å². The van der Waals surface area contributed by atoms with Gasteiger partial charge in [0.1, 0.15) is 5.82 Å². The van der Waals surface area contributed by atoms with Gasteiger partial charge in [-0.05, 0) is 36.8 Å². The fourth-order valence-electron chi connectivity index (χ4n) is 2.79. The van der Waals surface area contributed by atoms with Crippen molar-refractivity contribution in [1.82, 2.24) is 30.1 Å². The van der Waals surface area contributed by atoms with Crippen LogP contribution in [0.2, 0.25) is 5.02 Å². The molecule has 1 amide bonds. The van der Waals surface area contributed by atoms with E-state index in [-0.39, 0.29) is 17.1 Å². The van der Waals surface area contributed by atoms with Gasteiger partial charge in [0.05, 0.1) is 11.6 Å². The van der Waals surface area contributed by atoms with Crippen molar-refractivity contribution < 1.29 is 13.7 Å². The summed E-state index contributed by atoms with van der Waals surface area (Å²) in [6.45, 7) is 2.18. The molecule has 3 aromatic heterocycles. The van der Waals surface area contributed by atoms with Crippen molar-refractivity contribution in [2.45, 2.75) is 26.3 Å². The third-order valence-corrected chi connectivity index (χ3v) is 4.55. The first kappa shape index (κ1) is 19.0. The molecule has 10 heteroatoms. The molecule has 4 aromatic rings. The summed E-state index contributed by atoms with van der Waals surface area (Å²) < 4.78 is 20.3. The molecule has 0 aliphatic heterocycles. The van der Waals surface area contributed by atoms with E-state index in [0.717, 1.165) is 24.5 Å². The Morgan fingerprint density at radius 1 is 1.28 bits per heavy atom. The average Bonchev–Trinajstić information content (AvgIpc) is 3.35. The maximum Gasteiger partial charge on any atom is 0.258 e. The molecule has 148 valence electrons. The highest BCUT2D eigenvalue weighted by Gasteiger charge is 2.13. The smallest absolute Gasteiger partial charge is 0.258 e. The summed E-state index contributed by atoms with van der Waals surface area (Å²) >= 11 is 5.72. The van der Waals surface area contributed by atoms with Gasteiger partial charge in [0.2, 0.25) is 0 Å². The van der Waals surface area contributed by atoms with Crippen molar-refractivity contribution >= 4 is 23.2 Å². The van der Waals surface area contributed by atoms with Crippen molar-refractivity contribution in [3.63, 3.8) is 0 Å². The molecule has 8 nitrogen and oxygen atoms in total. The molecule has 0 atom stereocenters. The Morgan fingerprint density at radius 2 is 2.14 bits per heavy atom. The number of halogens is 2. The second-order valence-electron chi connectivity index (χ2n) is 6.34. The van der Waals surface area contributed by atoms with Gasteiger partial charge >= 0.3 is 0 Å². The fraction of sp³-hybridized carbons (Fsp3) is 0.211. The average molecular weight is 415 g/mol. The summed E-state index contributed by atoms with van der Waals surface area (Å²) in [6.07, 6.45) is 3.45. The molecule has 29 heavy (non-hydrogen) atoms. The predicted molar refractivity (Wildman–Crippen MR) is 103 cm³/mol. The van der Waals surface area contributed by atoms with Crippen LogP contribution in [0.4, 0.5) is 4.39 Å². The Kier molecular flexibility index (Phi) is 5.22. The molecular weight excluding hydrogens is 399 g/mol. The molecule has 3 heterocycles. The molecule has 0 aliphatic rings. The fourth-order valence-corrected chi connectivity index (χ4v) is 2.97. The number of nitrogens with one attached hydrogen (secondary N) is 1. The molecule has 1 aromatic carbocycles. The van der Waals surface area contributed by atoms with E-state index >= 15 is 0 Å². The number of aromatic nitrogens is 5. The quantitative estimate of drug-likeness (QED) is 0.519. The maximum atomic E-state index is 13.2. The monoisotopic (exact) mass is 414 g/mol. The molecule has 0 bridgehead atoms. The maximum absolute atomic E-state index is 13.2. The van der Waals surface area contributed by atoms with E-state index < -0.39 is 11.7 Å². The van der Waals surface area contributed by atoms with E-state index in [0.29, 0.717) is 23.2 Å². The van der Waals surface area contributed by atoms with E-state index in [1.54, 1.807) is 16.7 Å². The molecule has 0 unspecified atom stereocenters. The van der Waals surface area contributed by atoms with E-state index in [1.165, 1.54) is 12.1 Å². The molecule has 1 N–H and O–H groups in total. The first-order chi connectivity index (χ1) is 14.0. The van der Waals surface area contributed by atoms with Crippen LogP contribution in [0.25, 0.3) is 17.1 Å². The highest BCUT2D eigenvalue weighted by molar-refractivity contribution is 6.31. The lowest BCUT2D eigenvalue weighted by Gasteiger charge is -2.05. The molecule has 0 spiro atoms. The number of hydrogen-bond acceptors (Lipinski definition) is 6. The lowest BCUT2D eigenvalue weighted by Crippen LogP contribution is -2.24. The molecule has 0 saturated heterocycles. The van der Waals surface area contributed by atoms with Crippen molar-refractivity contribution in [2.24, 2.45) is 0 Å². The minimum atomic E-state index is -0.578. The van der Waals surface area contributed by atoms with Gasteiger partial charge < -0.3 is 9.84 Å². The van der Waals surface area contributed by atoms with Crippen LogP contribution in [0.15, 0.2) is 41.1 Å². The highest BCUT2D eigenvalue weighted by Crippen LogP contribution is 2.20. The number of amides is 1. The van der Waals surface area contributed by atoms with Gasteiger partial charge in [0.15, 0.2) is 17.3 Å². The lowest BCUT2D eigenvalue weighted by molar-refractivity contribution is 0.0949. The zero-order chi connectivity index (χ0) is 20.4. The molecule has 0 aliphatic carbocycles. The summed E-state index contributed by atoms with van der Waals surface area (Å²) in [4.78, 5) is 16.6. The summed E-state index contributed by atoms with van der Waals surface area (Å²) in [6, 6.07) is 7.38. The zero-order valence-corrected chi connectivity index (χ0v) is 16.1. The Bertz CT molecular complexity index is 1190. The van der Waals surface area contributed by atoms with Crippen LogP contribution in [0.3, 0.4) is 0 Å². The van der Waals surface area contributed by atoms with Crippen LogP contribution in [0.1, 0.15) is 35.4 Å². The number of aryl methyl sites for hydroxylation is 1. The summed E-state index contributed by atoms with van der Waals surface area (Å²) in [5.41, 5.74) is 1.56. The first-order valence-corrected chi connectivity index (χ1v) is 9.33. The Morgan fingerprint density at radius 3 is 2.93 bits per heavy atom. The molecule has 4 rings (SSSR count). The number of carbonyl (C=O) groups is 1. The van der Waals surface area contributed by atoms with Crippen molar-refractivity contribution in [3.8, 4) is 11.5 Å². The van der Waals surface area contributed by atoms with Gasteiger partial charge in [-0.25, -0.2) is 4.39 Å². The minimum Gasteiger partial charge on any atom is -0.345 e. The number of hydrogen-bond donors (Lipinski definition) is 1. The SMILES string of the molecule is CCCc1noc(-c2ccn3c(CNC(=O)c4ccc(F)c(Cl)c4)nnc3c2)n1. The van der Waals surface area contributed by atoms with Crippen LogP contribution in [0, 0.1) is 5.82 Å². The van der Waals surface area contributed by atoms with E-state index in [4.69, 9.17) is 16.1 Å². The third kappa shape index (κ3) is 3.95. The van der Waals surface area contributed by atoms with Gasteiger partial charge in [0.25, 0.3) is 11.8 Å². The first-order valence-electron chi connectivity index (χ1n) is 8.95. The zero-order valence-electron chi connectivity index (χ0n) is 15.4. The molecule has 0 fully saturated rings. The van der Waals surface area contributed by atoms with Gasteiger partial charge in [-0.1, -0.05) is 23.7 Å². The number of fused-ring (bicyclic) bond motifs is 1. The highest BCUT2D eigenvalue weighted by atomic mass is 35.5.